The second-order valence-corrected chi connectivity index (χ2v) is 5.74. The lowest BCUT2D eigenvalue weighted by molar-refractivity contribution is -0.125. The number of halogens is 1. The molecular formula is C16H13BrN2O2. The summed E-state index contributed by atoms with van der Waals surface area (Å²) in [5, 5.41) is 0. The molecule has 1 aliphatic rings. The number of rotatable bonds is 1. The van der Waals surface area contributed by atoms with Crippen molar-refractivity contribution in [3.63, 3.8) is 0 Å². The molecule has 0 saturated carbocycles. The Balaban J connectivity index is 2.24. The number of hydrogen-bond acceptors (Lipinski definition) is 2. The van der Waals surface area contributed by atoms with Gasteiger partial charge >= 0.3 is 0 Å². The Bertz CT molecular complexity index is 715. The van der Waals surface area contributed by atoms with Crippen molar-refractivity contribution in [1.82, 2.24) is 0 Å². The van der Waals surface area contributed by atoms with Gasteiger partial charge in [-0.25, -0.2) is 0 Å². The third-order valence-corrected chi connectivity index (χ3v) is 3.97. The first-order chi connectivity index (χ1) is 10.1. The van der Waals surface area contributed by atoms with E-state index >= 15 is 0 Å². The van der Waals surface area contributed by atoms with Crippen LogP contribution in [0, 0.1) is 0 Å². The molecule has 2 aromatic carbocycles. The fourth-order valence-electron chi connectivity index (χ4n) is 2.42. The minimum absolute atomic E-state index is 0.141. The molecule has 0 radical (unpaired) electrons. The summed E-state index contributed by atoms with van der Waals surface area (Å²) in [6, 6.07) is 14.9. The Hall–Kier alpha value is -2.14. The van der Waals surface area contributed by atoms with Crippen LogP contribution in [0.3, 0.4) is 0 Å². The molecule has 0 fully saturated rings. The van der Waals surface area contributed by atoms with Crippen LogP contribution < -0.4 is 9.80 Å². The lowest BCUT2D eigenvalue weighted by Crippen LogP contribution is -2.28. The molecule has 0 bridgehead atoms. The van der Waals surface area contributed by atoms with Gasteiger partial charge in [0, 0.05) is 17.2 Å². The minimum Gasteiger partial charge on any atom is -0.313 e. The molecule has 2 amide bonds. The molecule has 3 rings (SSSR count). The number of hydrogen-bond donors (Lipinski definition) is 0. The van der Waals surface area contributed by atoms with E-state index in [2.05, 4.69) is 15.9 Å². The highest BCUT2D eigenvalue weighted by Crippen LogP contribution is 2.38. The van der Waals surface area contributed by atoms with E-state index in [1.807, 2.05) is 48.5 Å². The van der Waals surface area contributed by atoms with E-state index in [-0.39, 0.29) is 18.2 Å². The standard InChI is InChI=1S/C16H13BrN2O2/c1-18-13-8-7-11(17)9-14(13)19(16(21)10-15(18)20)12-5-3-2-4-6-12/h2-9H,10H2,1H3. The van der Waals surface area contributed by atoms with E-state index in [1.165, 1.54) is 4.90 Å². The van der Waals surface area contributed by atoms with E-state index < -0.39 is 0 Å². The Kier molecular flexibility index (Phi) is 3.51. The number of amides is 2. The van der Waals surface area contributed by atoms with Crippen molar-refractivity contribution in [1.29, 1.82) is 0 Å². The van der Waals surface area contributed by atoms with Crippen molar-refractivity contribution < 1.29 is 9.59 Å². The molecule has 4 nitrogen and oxygen atoms in total. The van der Waals surface area contributed by atoms with Crippen molar-refractivity contribution in [2.75, 3.05) is 16.8 Å². The Labute approximate surface area is 131 Å². The number of fused-ring (bicyclic) bond motifs is 1. The van der Waals surface area contributed by atoms with E-state index in [9.17, 15) is 9.59 Å². The van der Waals surface area contributed by atoms with Crippen LogP contribution in [0.15, 0.2) is 53.0 Å². The van der Waals surface area contributed by atoms with Crippen LogP contribution in [-0.4, -0.2) is 18.9 Å². The zero-order valence-corrected chi connectivity index (χ0v) is 13.0. The fraction of sp³-hybridized carbons (Fsp3) is 0.125. The maximum absolute atomic E-state index is 12.5. The molecule has 5 heteroatoms. The zero-order chi connectivity index (χ0) is 15.0. The lowest BCUT2D eigenvalue weighted by atomic mass is 10.2. The van der Waals surface area contributed by atoms with Gasteiger partial charge in [0.1, 0.15) is 6.42 Å². The Morgan fingerprint density at radius 2 is 1.67 bits per heavy atom. The van der Waals surface area contributed by atoms with Crippen LogP contribution in [0.1, 0.15) is 6.42 Å². The van der Waals surface area contributed by atoms with E-state index in [1.54, 1.807) is 11.9 Å². The fourth-order valence-corrected chi connectivity index (χ4v) is 2.76. The zero-order valence-electron chi connectivity index (χ0n) is 11.4. The Morgan fingerprint density at radius 1 is 0.952 bits per heavy atom. The van der Waals surface area contributed by atoms with Gasteiger partial charge in [-0.05, 0) is 30.3 Å². The summed E-state index contributed by atoms with van der Waals surface area (Å²) in [4.78, 5) is 27.8. The van der Waals surface area contributed by atoms with Crippen molar-refractivity contribution in [2.45, 2.75) is 6.42 Å². The summed E-state index contributed by atoms with van der Waals surface area (Å²) in [6.07, 6.45) is -0.141. The highest BCUT2D eigenvalue weighted by molar-refractivity contribution is 9.10. The van der Waals surface area contributed by atoms with Crippen LogP contribution in [-0.2, 0) is 9.59 Å². The number of benzene rings is 2. The largest absolute Gasteiger partial charge is 0.313 e. The molecule has 0 saturated heterocycles. The average Bonchev–Trinajstić information content (AvgIpc) is 2.56. The maximum atomic E-state index is 12.5. The van der Waals surface area contributed by atoms with Gasteiger partial charge in [0.15, 0.2) is 0 Å². The monoisotopic (exact) mass is 344 g/mol. The van der Waals surface area contributed by atoms with E-state index in [4.69, 9.17) is 0 Å². The molecule has 1 aliphatic heterocycles. The summed E-state index contributed by atoms with van der Waals surface area (Å²) in [5.74, 6) is -0.433. The molecular weight excluding hydrogens is 332 g/mol. The lowest BCUT2D eigenvalue weighted by Gasteiger charge is -2.24. The third kappa shape index (κ3) is 2.45. The average molecular weight is 345 g/mol. The number of carbonyl (C=O) groups excluding carboxylic acids is 2. The molecule has 2 aromatic rings. The first-order valence-corrected chi connectivity index (χ1v) is 7.31. The summed E-state index contributed by atoms with van der Waals surface area (Å²) < 4.78 is 0.859. The number of para-hydroxylation sites is 1. The van der Waals surface area contributed by atoms with Crippen LogP contribution in [0.5, 0.6) is 0 Å². The SMILES string of the molecule is CN1C(=O)CC(=O)N(c2ccccc2)c2cc(Br)ccc21. The van der Waals surface area contributed by atoms with Crippen LogP contribution in [0.25, 0.3) is 0 Å². The quantitative estimate of drug-likeness (QED) is 0.743. The van der Waals surface area contributed by atoms with Crippen molar-refractivity contribution in [2.24, 2.45) is 0 Å². The number of anilines is 3. The van der Waals surface area contributed by atoms with Gasteiger partial charge in [-0.15, -0.1) is 0 Å². The van der Waals surface area contributed by atoms with Crippen LogP contribution >= 0.6 is 15.9 Å². The topological polar surface area (TPSA) is 40.6 Å². The molecule has 0 unspecified atom stereocenters. The Morgan fingerprint density at radius 3 is 2.38 bits per heavy atom. The highest BCUT2D eigenvalue weighted by atomic mass is 79.9. The first-order valence-electron chi connectivity index (χ1n) is 6.52. The van der Waals surface area contributed by atoms with E-state index in [0.29, 0.717) is 5.69 Å². The number of carbonyl (C=O) groups is 2. The second-order valence-electron chi connectivity index (χ2n) is 4.83. The summed E-state index contributed by atoms with van der Waals surface area (Å²) >= 11 is 3.43. The van der Waals surface area contributed by atoms with Gasteiger partial charge in [-0.1, -0.05) is 34.1 Å². The van der Waals surface area contributed by atoms with Gasteiger partial charge in [0.05, 0.1) is 11.4 Å². The number of nitrogens with zero attached hydrogens (tertiary/aromatic N) is 2. The molecule has 21 heavy (non-hydrogen) atoms. The first kappa shape index (κ1) is 13.8. The predicted octanol–water partition coefficient (Wildman–Crippen LogP) is 3.48. The predicted molar refractivity (Wildman–Crippen MR) is 85.8 cm³/mol. The minimum atomic E-state index is -0.227. The normalized spacial score (nSPS) is 15.0. The molecule has 0 aliphatic carbocycles. The molecule has 0 N–H and O–H groups in total. The highest BCUT2D eigenvalue weighted by Gasteiger charge is 2.30. The summed E-state index contributed by atoms with van der Waals surface area (Å²) in [6.45, 7) is 0. The van der Waals surface area contributed by atoms with Crippen LogP contribution in [0.4, 0.5) is 17.1 Å². The van der Waals surface area contributed by atoms with Gasteiger partial charge < -0.3 is 4.90 Å². The van der Waals surface area contributed by atoms with Crippen molar-refractivity contribution in [3.05, 3.63) is 53.0 Å². The summed E-state index contributed by atoms with van der Waals surface area (Å²) in [5.41, 5.74) is 2.18. The van der Waals surface area contributed by atoms with Gasteiger partial charge in [-0.2, -0.15) is 0 Å². The van der Waals surface area contributed by atoms with Gasteiger partial charge in [0.25, 0.3) is 0 Å². The molecule has 0 spiro atoms. The van der Waals surface area contributed by atoms with Gasteiger partial charge in [0.2, 0.25) is 11.8 Å². The van der Waals surface area contributed by atoms with Crippen molar-refractivity contribution >= 4 is 44.8 Å². The molecule has 1 heterocycles. The molecule has 106 valence electrons. The maximum Gasteiger partial charge on any atom is 0.241 e. The van der Waals surface area contributed by atoms with E-state index in [0.717, 1.165) is 15.8 Å². The smallest absolute Gasteiger partial charge is 0.241 e. The molecule has 0 atom stereocenters. The summed E-state index contributed by atoms with van der Waals surface area (Å²) in [7, 11) is 1.69. The van der Waals surface area contributed by atoms with Crippen LogP contribution in [0.2, 0.25) is 0 Å². The van der Waals surface area contributed by atoms with Crippen molar-refractivity contribution in [3.8, 4) is 0 Å². The third-order valence-electron chi connectivity index (χ3n) is 3.48. The molecule has 0 aromatic heterocycles. The second kappa shape index (κ2) is 5.33. The van der Waals surface area contributed by atoms with Gasteiger partial charge in [-0.3, -0.25) is 14.5 Å².